The van der Waals surface area contributed by atoms with Crippen LogP contribution >= 0.6 is 0 Å². The first-order valence-corrected chi connectivity index (χ1v) is 7.64. The molecule has 0 aliphatic rings. The van der Waals surface area contributed by atoms with Crippen LogP contribution in [0.5, 0.6) is 0 Å². The molecule has 0 saturated carbocycles. The number of unbranched alkanes of at least 4 members (excludes halogenated alkanes) is 1. The van der Waals surface area contributed by atoms with Crippen molar-refractivity contribution >= 4 is 6.16 Å². The summed E-state index contributed by atoms with van der Waals surface area (Å²) in [7, 11) is 0. The first-order valence-electron chi connectivity index (χ1n) is 7.64. The minimum Gasteiger partial charge on any atom is -0.432 e. The van der Waals surface area contributed by atoms with Crippen molar-refractivity contribution < 1.29 is 24.3 Å². The lowest BCUT2D eigenvalue weighted by molar-refractivity contribution is -0.517. The molecule has 0 rings (SSSR count). The first-order chi connectivity index (χ1) is 9.45. The van der Waals surface area contributed by atoms with Crippen molar-refractivity contribution in [2.75, 3.05) is 6.61 Å². The molecule has 0 saturated heterocycles. The summed E-state index contributed by atoms with van der Waals surface area (Å²) >= 11 is 0. The van der Waals surface area contributed by atoms with Crippen LogP contribution < -0.4 is 0 Å². The quantitative estimate of drug-likeness (QED) is 0.311. The van der Waals surface area contributed by atoms with E-state index in [1.54, 1.807) is 0 Å². The predicted molar refractivity (Wildman–Crippen MR) is 76.9 cm³/mol. The van der Waals surface area contributed by atoms with Gasteiger partial charge in [0.15, 0.2) is 0 Å². The zero-order valence-corrected chi connectivity index (χ0v) is 13.6. The van der Waals surface area contributed by atoms with Gasteiger partial charge in [0.1, 0.15) is 5.60 Å². The lowest BCUT2D eigenvalue weighted by Gasteiger charge is -2.20. The smallest absolute Gasteiger partial charge is 0.432 e. The van der Waals surface area contributed by atoms with E-state index < -0.39 is 11.8 Å². The molecule has 0 fully saturated rings. The summed E-state index contributed by atoms with van der Waals surface area (Å²) in [6.45, 7) is 10.4. The molecule has 5 heteroatoms. The van der Waals surface area contributed by atoms with Crippen LogP contribution in [-0.2, 0) is 19.6 Å². The molecule has 0 aromatic heterocycles. The molecule has 0 radical (unpaired) electrons. The summed E-state index contributed by atoms with van der Waals surface area (Å²) < 4.78 is 5.00. The zero-order valence-electron chi connectivity index (χ0n) is 13.6. The molecule has 0 aliphatic heterocycles. The van der Waals surface area contributed by atoms with E-state index in [9.17, 15) is 4.79 Å². The second kappa shape index (κ2) is 10.9. The number of hydrogen-bond donors (Lipinski definition) is 0. The van der Waals surface area contributed by atoms with Crippen molar-refractivity contribution in [1.29, 1.82) is 0 Å². The average molecular weight is 290 g/mol. The van der Waals surface area contributed by atoms with E-state index in [4.69, 9.17) is 9.62 Å². The predicted octanol–water partition coefficient (Wildman–Crippen LogP) is 4.80. The average Bonchev–Trinajstić information content (AvgIpc) is 2.38. The van der Waals surface area contributed by atoms with E-state index in [0.717, 1.165) is 38.5 Å². The normalized spacial score (nSPS) is 13.1. The third kappa shape index (κ3) is 10.0. The minimum atomic E-state index is -0.854. The van der Waals surface area contributed by atoms with E-state index in [2.05, 4.69) is 23.8 Å². The molecule has 20 heavy (non-hydrogen) atoms. The summed E-state index contributed by atoms with van der Waals surface area (Å²) in [5, 5.41) is 4.49. The van der Waals surface area contributed by atoms with Gasteiger partial charge in [-0.15, -0.1) is 0 Å². The molecule has 0 spiro atoms. The van der Waals surface area contributed by atoms with Gasteiger partial charge in [0.2, 0.25) is 0 Å². The molecule has 1 atom stereocenters. The van der Waals surface area contributed by atoms with E-state index in [1.807, 2.05) is 20.8 Å². The third-order valence-corrected chi connectivity index (χ3v) is 3.19. The van der Waals surface area contributed by atoms with Crippen molar-refractivity contribution in [2.45, 2.75) is 78.7 Å². The Morgan fingerprint density at radius 2 is 1.85 bits per heavy atom. The summed E-state index contributed by atoms with van der Waals surface area (Å²) in [6, 6.07) is 0. The van der Waals surface area contributed by atoms with E-state index in [-0.39, 0.29) is 0 Å². The Labute approximate surface area is 122 Å². The third-order valence-electron chi connectivity index (χ3n) is 3.19. The van der Waals surface area contributed by atoms with E-state index >= 15 is 0 Å². The Hall–Kier alpha value is -0.810. The molecule has 0 aliphatic carbocycles. The fourth-order valence-electron chi connectivity index (χ4n) is 1.89. The van der Waals surface area contributed by atoms with Gasteiger partial charge in [0.05, 0.1) is 6.61 Å². The van der Waals surface area contributed by atoms with Gasteiger partial charge in [-0.05, 0) is 37.6 Å². The maximum Gasteiger partial charge on any atom is 0.542 e. The molecule has 0 N–H and O–H groups in total. The molecule has 0 heterocycles. The number of carbonyl (C=O) groups excluding carboxylic acids is 1. The van der Waals surface area contributed by atoms with Crippen LogP contribution in [0.4, 0.5) is 4.79 Å². The largest absolute Gasteiger partial charge is 0.542 e. The number of ether oxygens (including phenoxy) is 1. The van der Waals surface area contributed by atoms with Gasteiger partial charge in [-0.2, -0.15) is 4.89 Å². The lowest BCUT2D eigenvalue weighted by atomic mass is 10.0. The molecule has 120 valence electrons. The van der Waals surface area contributed by atoms with Gasteiger partial charge in [-0.25, -0.2) is 9.68 Å². The van der Waals surface area contributed by atoms with Crippen LogP contribution in [0.15, 0.2) is 0 Å². The highest BCUT2D eigenvalue weighted by atomic mass is 17.5. The maximum absolute atomic E-state index is 11.3. The topological polar surface area (TPSA) is 54.0 Å². The van der Waals surface area contributed by atoms with Gasteiger partial charge >= 0.3 is 6.16 Å². The van der Waals surface area contributed by atoms with Gasteiger partial charge in [0, 0.05) is 0 Å². The number of rotatable bonds is 11. The van der Waals surface area contributed by atoms with E-state index in [0.29, 0.717) is 12.5 Å². The highest BCUT2D eigenvalue weighted by Gasteiger charge is 2.20. The van der Waals surface area contributed by atoms with E-state index in [1.165, 1.54) is 0 Å². The Morgan fingerprint density at radius 3 is 2.40 bits per heavy atom. The highest BCUT2D eigenvalue weighted by molar-refractivity contribution is 5.58. The van der Waals surface area contributed by atoms with Crippen LogP contribution in [0.3, 0.4) is 0 Å². The molecular formula is C15H30O5. The lowest BCUT2D eigenvalue weighted by Crippen LogP contribution is -2.25. The Kier molecular flexibility index (Phi) is 10.5. The van der Waals surface area contributed by atoms with Crippen molar-refractivity contribution in [3.63, 3.8) is 0 Å². The molecule has 0 aromatic rings. The standard InChI is InChI=1S/C15H30O5/c1-6-9-10-13(8-3)12-17-14(16)18-20-19-15(4,5)11-7-2/h13H,6-12H2,1-5H3. The molecule has 5 nitrogen and oxygen atoms in total. The van der Waals surface area contributed by atoms with Gasteiger partial charge in [-0.1, -0.05) is 46.5 Å². The molecule has 1 unspecified atom stereocenters. The van der Waals surface area contributed by atoms with Crippen molar-refractivity contribution in [1.82, 2.24) is 0 Å². The second-order valence-corrected chi connectivity index (χ2v) is 5.72. The Morgan fingerprint density at radius 1 is 1.15 bits per heavy atom. The van der Waals surface area contributed by atoms with Crippen LogP contribution in [0.2, 0.25) is 0 Å². The monoisotopic (exact) mass is 290 g/mol. The second-order valence-electron chi connectivity index (χ2n) is 5.72. The van der Waals surface area contributed by atoms with Gasteiger partial charge < -0.3 is 4.74 Å². The van der Waals surface area contributed by atoms with Crippen LogP contribution in [0.25, 0.3) is 0 Å². The zero-order chi connectivity index (χ0) is 15.4. The van der Waals surface area contributed by atoms with Gasteiger partial charge in [0.25, 0.3) is 0 Å². The first kappa shape index (κ1) is 19.2. The summed E-state index contributed by atoms with van der Waals surface area (Å²) in [6.07, 6.45) is 5.23. The Bertz CT molecular complexity index is 253. The van der Waals surface area contributed by atoms with Crippen molar-refractivity contribution in [3.8, 4) is 0 Å². The fraction of sp³-hybridized carbons (Fsp3) is 0.933. The highest BCUT2D eigenvalue weighted by Crippen LogP contribution is 2.17. The van der Waals surface area contributed by atoms with Crippen molar-refractivity contribution in [3.05, 3.63) is 0 Å². The molecular weight excluding hydrogens is 260 g/mol. The minimum absolute atomic E-state index is 0.358. The van der Waals surface area contributed by atoms with Crippen LogP contribution in [-0.4, -0.2) is 18.4 Å². The Balaban J connectivity index is 3.77. The molecule has 0 bridgehead atoms. The molecule has 0 aromatic carbocycles. The number of hydrogen-bond acceptors (Lipinski definition) is 5. The van der Waals surface area contributed by atoms with Crippen LogP contribution in [0, 0.1) is 5.92 Å². The summed E-state index contributed by atoms with van der Waals surface area (Å²) in [4.78, 5) is 20.8. The fourth-order valence-corrected chi connectivity index (χ4v) is 1.89. The van der Waals surface area contributed by atoms with Gasteiger partial charge in [-0.3, -0.25) is 0 Å². The van der Waals surface area contributed by atoms with Crippen LogP contribution in [0.1, 0.15) is 73.1 Å². The summed E-state index contributed by atoms with van der Waals surface area (Å²) in [5.41, 5.74) is -0.484. The molecule has 0 amide bonds. The number of carbonyl (C=O) groups is 1. The summed E-state index contributed by atoms with van der Waals surface area (Å²) in [5.74, 6) is 0.375. The SMILES string of the molecule is CCCCC(CC)COC(=O)OOOC(C)(C)CCC. The maximum atomic E-state index is 11.3. The van der Waals surface area contributed by atoms with Crippen molar-refractivity contribution in [2.24, 2.45) is 5.92 Å².